The van der Waals surface area contributed by atoms with Crippen LogP contribution in [0.3, 0.4) is 0 Å². The van der Waals surface area contributed by atoms with Gasteiger partial charge < -0.3 is 0 Å². The van der Waals surface area contributed by atoms with E-state index in [1.165, 1.54) is 0 Å². The van der Waals surface area contributed by atoms with Gasteiger partial charge in [-0.05, 0) is 0 Å². The minimum absolute atomic E-state index is 0.942. The molecule has 0 unspecified atom stereocenters. The SMILES string of the molecule is [Ru+]=[CH]Cc1ccccn1. The third-order valence-corrected chi connectivity index (χ3v) is 1.36. The molecule has 0 radical (unpaired) electrons. The quantitative estimate of drug-likeness (QED) is 0.657. The molecule has 0 atom stereocenters. The molecule has 0 fully saturated rings. The maximum absolute atomic E-state index is 4.13. The van der Waals surface area contributed by atoms with Gasteiger partial charge in [-0.15, -0.1) is 0 Å². The molecule has 0 aliphatic heterocycles. The Bertz CT molecular complexity index is 183. The summed E-state index contributed by atoms with van der Waals surface area (Å²) < 4.78 is 2.03. The van der Waals surface area contributed by atoms with Gasteiger partial charge in [-0.3, -0.25) is 0 Å². The van der Waals surface area contributed by atoms with Crippen molar-refractivity contribution in [2.24, 2.45) is 0 Å². The van der Waals surface area contributed by atoms with Crippen molar-refractivity contribution in [3.05, 3.63) is 30.1 Å². The van der Waals surface area contributed by atoms with Crippen LogP contribution in [-0.4, -0.2) is 9.59 Å². The van der Waals surface area contributed by atoms with E-state index in [4.69, 9.17) is 0 Å². The third-order valence-electron chi connectivity index (χ3n) is 1.01. The van der Waals surface area contributed by atoms with Crippen molar-refractivity contribution in [2.75, 3.05) is 0 Å². The number of rotatable bonds is 2. The summed E-state index contributed by atoms with van der Waals surface area (Å²) in [4.78, 5) is 4.13. The molecular formula is C7H7NRu+. The molecule has 0 aromatic carbocycles. The van der Waals surface area contributed by atoms with Gasteiger partial charge in [0.1, 0.15) is 0 Å². The van der Waals surface area contributed by atoms with Gasteiger partial charge in [0.05, 0.1) is 0 Å². The fraction of sp³-hybridized carbons (Fsp3) is 0.143. The second-order valence-electron chi connectivity index (χ2n) is 1.67. The zero-order valence-electron chi connectivity index (χ0n) is 4.89. The Labute approximate surface area is 64.3 Å². The molecule has 0 saturated carbocycles. The van der Waals surface area contributed by atoms with E-state index < -0.39 is 0 Å². The summed E-state index contributed by atoms with van der Waals surface area (Å²) in [5.41, 5.74) is 1.12. The molecular weight excluding hydrogens is 199 g/mol. The van der Waals surface area contributed by atoms with Crippen molar-refractivity contribution in [1.82, 2.24) is 4.98 Å². The first-order valence-electron chi connectivity index (χ1n) is 2.74. The molecule has 0 saturated heterocycles. The Morgan fingerprint density at radius 1 is 1.56 bits per heavy atom. The Hall–Kier alpha value is -0.357. The van der Waals surface area contributed by atoms with E-state index in [9.17, 15) is 0 Å². The molecule has 1 heterocycles. The molecule has 47 valence electrons. The zero-order chi connectivity index (χ0) is 6.53. The van der Waals surface area contributed by atoms with E-state index in [1.807, 2.05) is 29.0 Å². The van der Waals surface area contributed by atoms with Gasteiger partial charge in [0.25, 0.3) is 0 Å². The van der Waals surface area contributed by atoms with Crippen LogP contribution in [0.1, 0.15) is 5.69 Å². The molecule has 1 nitrogen and oxygen atoms in total. The van der Waals surface area contributed by atoms with E-state index in [1.54, 1.807) is 0 Å². The number of pyridine rings is 1. The van der Waals surface area contributed by atoms with E-state index in [0.29, 0.717) is 0 Å². The van der Waals surface area contributed by atoms with Gasteiger partial charge in [0.2, 0.25) is 0 Å². The predicted molar refractivity (Wildman–Crippen MR) is 34.0 cm³/mol. The number of hydrogen-bond acceptors (Lipinski definition) is 1. The van der Waals surface area contributed by atoms with Crippen LogP contribution in [0, 0.1) is 0 Å². The van der Waals surface area contributed by atoms with Gasteiger partial charge >= 0.3 is 64.0 Å². The molecule has 0 N–H and O–H groups in total. The molecule has 1 aromatic rings. The predicted octanol–water partition coefficient (Wildman–Crippen LogP) is 0.973. The van der Waals surface area contributed by atoms with Gasteiger partial charge in [-0.1, -0.05) is 0 Å². The Balaban J connectivity index is 2.72. The average molecular weight is 206 g/mol. The van der Waals surface area contributed by atoms with Crippen LogP contribution in [-0.2, 0) is 24.3 Å². The first-order valence-corrected chi connectivity index (χ1v) is 3.74. The van der Waals surface area contributed by atoms with E-state index in [2.05, 4.69) is 22.8 Å². The minimum atomic E-state index is 0.942. The van der Waals surface area contributed by atoms with Crippen LogP contribution >= 0.6 is 0 Å². The van der Waals surface area contributed by atoms with Crippen LogP contribution < -0.4 is 0 Å². The Morgan fingerprint density at radius 2 is 2.44 bits per heavy atom. The summed E-state index contributed by atoms with van der Waals surface area (Å²) in [6.45, 7) is 0. The second kappa shape index (κ2) is 3.63. The topological polar surface area (TPSA) is 12.9 Å². The summed E-state index contributed by atoms with van der Waals surface area (Å²) in [6, 6.07) is 5.94. The fourth-order valence-electron chi connectivity index (χ4n) is 0.593. The van der Waals surface area contributed by atoms with Crippen LogP contribution in [0.15, 0.2) is 24.4 Å². The van der Waals surface area contributed by atoms with Crippen molar-refractivity contribution in [3.63, 3.8) is 0 Å². The van der Waals surface area contributed by atoms with Crippen molar-refractivity contribution in [3.8, 4) is 0 Å². The van der Waals surface area contributed by atoms with Gasteiger partial charge in [0, 0.05) is 0 Å². The molecule has 0 amide bonds. The van der Waals surface area contributed by atoms with Crippen LogP contribution in [0.2, 0.25) is 0 Å². The molecule has 1 rings (SSSR count). The molecule has 0 aliphatic rings. The van der Waals surface area contributed by atoms with Gasteiger partial charge in [-0.25, -0.2) is 0 Å². The second-order valence-corrected chi connectivity index (χ2v) is 2.38. The molecule has 0 bridgehead atoms. The Morgan fingerprint density at radius 3 is 3.00 bits per heavy atom. The van der Waals surface area contributed by atoms with Gasteiger partial charge in [0.15, 0.2) is 0 Å². The van der Waals surface area contributed by atoms with E-state index >= 15 is 0 Å². The summed E-state index contributed by atoms with van der Waals surface area (Å²) in [5, 5.41) is 0. The average Bonchev–Trinajstić information content (AvgIpc) is 1.91. The van der Waals surface area contributed by atoms with Crippen molar-refractivity contribution < 1.29 is 17.9 Å². The van der Waals surface area contributed by atoms with Crippen LogP contribution in [0.4, 0.5) is 0 Å². The maximum atomic E-state index is 4.13. The number of nitrogens with zero attached hydrogens (tertiary/aromatic N) is 1. The standard InChI is InChI=1S/C7H7N.Ru/c1-2-7-5-3-4-6-8-7;/h1,3-6H,2H2;/q;+1. The van der Waals surface area contributed by atoms with E-state index in [0.717, 1.165) is 12.1 Å². The normalized spacial score (nSPS) is 8.89. The summed E-state index contributed by atoms with van der Waals surface area (Å²) in [7, 11) is 0. The molecule has 0 aliphatic carbocycles. The van der Waals surface area contributed by atoms with Gasteiger partial charge in [-0.2, -0.15) is 0 Å². The van der Waals surface area contributed by atoms with Crippen molar-refractivity contribution in [2.45, 2.75) is 6.42 Å². The number of hydrogen-bond donors (Lipinski definition) is 0. The number of aromatic nitrogens is 1. The monoisotopic (exact) mass is 207 g/mol. The first-order chi connectivity index (χ1) is 4.43. The molecule has 2 heteroatoms. The molecule has 9 heavy (non-hydrogen) atoms. The first kappa shape index (κ1) is 6.76. The molecule has 1 aromatic heterocycles. The van der Waals surface area contributed by atoms with Crippen molar-refractivity contribution >= 4 is 4.61 Å². The summed E-state index contributed by atoms with van der Waals surface area (Å²) in [6.07, 6.45) is 2.75. The van der Waals surface area contributed by atoms with Crippen LogP contribution in [0.5, 0.6) is 0 Å². The summed E-state index contributed by atoms with van der Waals surface area (Å²) in [5.74, 6) is 0. The molecule has 0 spiro atoms. The third kappa shape index (κ3) is 2.15. The van der Waals surface area contributed by atoms with Crippen molar-refractivity contribution in [1.29, 1.82) is 0 Å². The zero-order valence-corrected chi connectivity index (χ0v) is 6.63. The van der Waals surface area contributed by atoms with E-state index in [-0.39, 0.29) is 0 Å². The van der Waals surface area contributed by atoms with Crippen LogP contribution in [0.25, 0.3) is 0 Å². The fourth-order valence-corrected chi connectivity index (χ4v) is 0.956. The summed E-state index contributed by atoms with van der Waals surface area (Å²) >= 11 is 2.48. The Kier molecular flexibility index (Phi) is 2.72.